The van der Waals surface area contributed by atoms with Gasteiger partial charge in [-0.1, -0.05) is 12.2 Å². The molecule has 0 saturated heterocycles. The Balaban J connectivity index is 3.05. The fraction of sp³-hybridized carbons (Fsp3) is 0.833. The summed E-state index contributed by atoms with van der Waals surface area (Å²) < 4.78 is 0. The van der Waals surface area contributed by atoms with Gasteiger partial charge in [0.1, 0.15) is 0 Å². The van der Waals surface area contributed by atoms with Crippen molar-refractivity contribution in [2.45, 2.75) is 13.3 Å². The molecule has 0 aliphatic heterocycles. The van der Waals surface area contributed by atoms with Crippen LogP contribution in [0.5, 0.6) is 0 Å². The molecule has 1 nitrogen and oxygen atoms in total. The van der Waals surface area contributed by atoms with E-state index in [0.717, 1.165) is 17.8 Å². The number of hydrogen-bond donors (Lipinski definition) is 1. The summed E-state index contributed by atoms with van der Waals surface area (Å²) >= 11 is 4.90. The predicted octanol–water partition coefficient (Wildman–Crippen LogP) is -0.0892. The highest BCUT2D eigenvalue weighted by molar-refractivity contribution is 7.80. The van der Waals surface area contributed by atoms with Gasteiger partial charge in [0.15, 0.2) is 0 Å². The summed E-state index contributed by atoms with van der Waals surface area (Å²) in [7, 11) is 4.27. The Hall–Kier alpha value is 0.0500. The highest BCUT2D eigenvalue weighted by Crippen LogP contribution is 1.78. The lowest BCUT2D eigenvalue weighted by Gasteiger charge is -2.04. The van der Waals surface area contributed by atoms with Crippen LogP contribution in [0.2, 0.25) is 0 Å². The van der Waals surface area contributed by atoms with Crippen molar-refractivity contribution in [2.75, 3.05) is 20.6 Å². The van der Waals surface area contributed by atoms with Gasteiger partial charge in [-0.2, -0.15) is 0 Å². The summed E-state index contributed by atoms with van der Waals surface area (Å²) in [6.07, 6.45) is 1.08. The van der Waals surface area contributed by atoms with E-state index < -0.39 is 0 Å². The van der Waals surface area contributed by atoms with Gasteiger partial charge in [-0.05, 0) is 11.8 Å². The molecule has 0 aromatic heterocycles. The quantitative estimate of drug-likeness (QED) is 0.526. The van der Waals surface area contributed by atoms with E-state index in [2.05, 4.69) is 14.1 Å². The van der Waals surface area contributed by atoms with Crippen molar-refractivity contribution in [3.8, 4) is 0 Å². The van der Waals surface area contributed by atoms with Crippen LogP contribution >= 0.6 is 12.2 Å². The number of rotatable bonds is 3. The average molecular weight is 132 g/mol. The lowest BCUT2D eigenvalue weighted by molar-refractivity contribution is -0.857. The summed E-state index contributed by atoms with van der Waals surface area (Å²) in [5.74, 6) is 0. The van der Waals surface area contributed by atoms with Crippen molar-refractivity contribution in [2.24, 2.45) is 0 Å². The molecule has 0 heterocycles. The average Bonchev–Trinajstić information content (AvgIpc) is 1.61. The van der Waals surface area contributed by atoms with Gasteiger partial charge in [-0.3, -0.25) is 0 Å². The Kier molecular flexibility index (Phi) is 4.01. The molecule has 0 radical (unpaired) electrons. The van der Waals surface area contributed by atoms with Crippen LogP contribution < -0.4 is 4.90 Å². The van der Waals surface area contributed by atoms with E-state index in [0.29, 0.717) is 0 Å². The van der Waals surface area contributed by atoms with Gasteiger partial charge < -0.3 is 4.90 Å². The molecule has 0 bridgehead atoms. The minimum Gasteiger partial charge on any atom is -0.340 e. The molecule has 0 amide bonds. The Morgan fingerprint density at radius 3 is 2.12 bits per heavy atom. The van der Waals surface area contributed by atoms with Crippen LogP contribution in [0.3, 0.4) is 0 Å². The second-order valence-corrected chi connectivity index (χ2v) is 3.11. The van der Waals surface area contributed by atoms with Crippen molar-refractivity contribution in [1.29, 1.82) is 0 Å². The smallest absolute Gasteiger partial charge is 0.0812 e. The van der Waals surface area contributed by atoms with Gasteiger partial charge in [0, 0.05) is 6.42 Å². The molecule has 1 N–H and O–H groups in total. The summed E-state index contributed by atoms with van der Waals surface area (Å²) in [6.45, 7) is 3.16. The zero-order valence-electron chi connectivity index (χ0n) is 5.82. The molecule has 0 unspecified atom stereocenters. The normalized spacial score (nSPS) is 10.0. The summed E-state index contributed by atoms with van der Waals surface area (Å²) in [6, 6.07) is 0. The minimum atomic E-state index is 1.08. The van der Waals surface area contributed by atoms with E-state index in [9.17, 15) is 0 Å². The number of thiocarbonyl (C=S) groups is 1. The second kappa shape index (κ2) is 3.98. The zero-order valence-corrected chi connectivity index (χ0v) is 6.64. The first-order valence-electron chi connectivity index (χ1n) is 2.91. The first kappa shape index (κ1) is 8.05. The van der Waals surface area contributed by atoms with Crippen LogP contribution in [0, 0.1) is 0 Å². The fourth-order valence-electron chi connectivity index (χ4n) is 0.426. The van der Waals surface area contributed by atoms with Crippen molar-refractivity contribution >= 4 is 17.1 Å². The van der Waals surface area contributed by atoms with Crippen LogP contribution in [0.15, 0.2) is 0 Å². The predicted molar refractivity (Wildman–Crippen MR) is 40.6 cm³/mol. The maximum atomic E-state index is 4.90. The van der Waals surface area contributed by atoms with E-state index >= 15 is 0 Å². The van der Waals surface area contributed by atoms with E-state index in [1.807, 2.05) is 6.92 Å². The third-order valence-corrected chi connectivity index (χ3v) is 1.18. The molecule has 2 heteroatoms. The third kappa shape index (κ3) is 6.05. The summed E-state index contributed by atoms with van der Waals surface area (Å²) in [4.78, 5) is 2.58. The molecule has 0 spiro atoms. The van der Waals surface area contributed by atoms with Gasteiger partial charge in [0.05, 0.1) is 20.6 Å². The molecule has 0 saturated carbocycles. The highest BCUT2D eigenvalue weighted by Gasteiger charge is 1.92. The Morgan fingerprint density at radius 2 is 2.00 bits per heavy atom. The maximum Gasteiger partial charge on any atom is 0.0812 e. The topological polar surface area (TPSA) is 4.44 Å². The van der Waals surface area contributed by atoms with Crippen LogP contribution in [0.1, 0.15) is 13.3 Å². The van der Waals surface area contributed by atoms with E-state index in [1.165, 1.54) is 4.90 Å². The second-order valence-electron chi connectivity index (χ2n) is 2.41. The van der Waals surface area contributed by atoms with Gasteiger partial charge in [0.25, 0.3) is 0 Å². The molecule has 0 rings (SSSR count). The molecule has 8 heavy (non-hydrogen) atoms. The number of quaternary nitrogens is 1. The Morgan fingerprint density at radius 1 is 1.50 bits per heavy atom. The van der Waals surface area contributed by atoms with Gasteiger partial charge in [-0.25, -0.2) is 0 Å². The zero-order chi connectivity index (χ0) is 6.57. The molecule has 0 aliphatic carbocycles. The summed E-state index contributed by atoms with van der Waals surface area (Å²) in [5.41, 5.74) is 0. The largest absolute Gasteiger partial charge is 0.340 e. The molecule has 0 atom stereocenters. The molecule has 0 aromatic carbocycles. The van der Waals surface area contributed by atoms with Crippen molar-refractivity contribution in [3.05, 3.63) is 0 Å². The summed E-state index contributed by atoms with van der Waals surface area (Å²) in [5, 5.41) is 0. The van der Waals surface area contributed by atoms with Gasteiger partial charge >= 0.3 is 0 Å². The maximum absolute atomic E-state index is 4.90. The Labute approximate surface area is 56.7 Å². The van der Waals surface area contributed by atoms with E-state index in [4.69, 9.17) is 12.2 Å². The molecule has 0 fully saturated rings. The van der Waals surface area contributed by atoms with Crippen molar-refractivity contribution < 1.29 is 4.90 Å². The minimum absolute atomic E-state index is 1.08. The van der Waals surface area contributed by atoms with Crippen molar-refractivity contribution in [3.63, 3.8) is 0 Å². The van der Waals surface area contributed by atoms with E-state index in [1.54, 1.807) is 0 Å². The highest BCUT2D eigenvalue weighted by atomic mass is 32.1. The standard InChI is InChI=1S/C6H13NS/c1-6(8)4-5-7(2)3/h4-5H2,1-3H3/p+1. The molecule has 0 aromatic rings. The number of hydrogen-bond acceptors (Lipinski definition) is 1. The van der Waals surface area contributed by atoms with Crippen LogP contribution in [0.25, 0.3) is 0 Å². The molecule has 48 valence electrons. The monoisotopic (exact) mass is 132 g/mol. The molecule has 0 aliphatic rings. The lowest BCUT2D eigenvalue weighted by atomic mass is 10.3. The first-order valence-corrected chi connectivity index (χ1v) is 3.32. The first-order chi connectivity index (χ1) is 3.63. The van der Waals surface area contributed by atoms with Gasteiger partial charge in [0.2, 0.25) is 0 Å². The van der Waals surface area contributed by atoms with Crippen LogP contribution in [0.4, 0.5) is 0 Å². The Bertz CT molecular complexity index is 78.6. The van der Waals surface area contributed by atoms with Crippen LogP contribution in [-0.2, 0) is 0 Å². The molecular formula is C6H14NS+. The SMILES string of the molecule is CC(=S)CC[NH+](C)C. The lowest BCUT2D eigenvalue weighted by Crippen LogP contribution is -3.05. The van der Waals surface area contributed by atoms with E-state index in [-0.39, 0.29) is 0 Å². The van der Waals surface area contributed by atoms with Crippen molar-refractivity contribution in [1.82, 2.24) is 0 Å². The van der Waals surface area contributed by atoms with Crippen LogP contribution in [-0.4, -0.2) is 25.5 Å². The number of nitrogens with one attached hydrogen (secondary N) is 1. The fourth-order valence-corrected chi connectivity index (χ4v) is 0.528. The van der Waals surface area contributed by atoms with Gasteiger partial charge in [-0.15, -0.1) is 0 Å². The molecular weight excluding hydrogens is 118 g/mol. The third-order valence-electron chi connectivity index (χ3n) is 0.977.